The summed E-state index contributed by atoms with van der Waals surface area (Å²) in [5, 5.41) is 12.7. The van der Waals surface area contributed by atoms with Crippen LogP contribution in [0, 0.1) is 0 Å². The predicted octanol–water partition coefficient (Wildman–Crippen LogP) is 2.56. The topological polar surface area (TPSA) is 91.5 Å². The van der Waals surface area contributed by atoms with Crippen molar-refractivity contribution in [3.05, 3.63) is 54.7 Å². The summed E-state index contributed by atoms with van der Waals surface area (Å²) in [6.07, 6.45) is 0. The molecule has 0 saturated carbocycles. The minimum atomic E-state index is -0.129. The molecule has 3 aromatic rings. The van der Waals surface area contributed by atoms with Gasteiger partial charge < -0.3 is 0 Å². The van der Waals surface area contributed by atoms with E-state index in [0.717, 1.165) is 42.9 Å². The number of hydrogen-bond acceptors (Lipinski definition) is 8. The first kappa shape index (κ1) is 15.5. The van der Waals surface area contributed by atoms with Crippen LogP contribution in [0.5, 0.6) is 0 Å². The SMILES string of the molecule is O=c1[nH]nc(SCc2ccc(CSc3n[nH]c(=O)s3)cc2)s1. The van der Waals surface area contributed by atoms with Gasteiger partial charge in [-0.3, -0.25) is 9.59 Å². The Hall–Kier alpha value is -1.36. The molecule has 0 aliphatic rings. The highest BCUT2D eigenvalue weighted by molar-refractivity contribution is 8.00. The van der Waals surface area contributed by atoms with Crippen LogP contribution in [-0.2, 0) is 11.5 Å². The van der Waals surface area contributed by atoms with Gasteiger partial charge in [0, 0.05) is 11.5 Å². The first-order chi connectivity index (χ1) is 10.7. The molecule has 2 aromatic heterocycles. The van der Waals surface area contributed by atoms with Crippen LogP contribution in [0.1, 0.15) is 11.1 Å². The van der Waals surface area contributed by atoms with Crippen molar-refractivity contribution in [2.24, 2.45) is 0 Å². The number of benzene rings is 1. The zero-order valence-corrected chi connectivity index (χ0v) is 14.3. The average Bonchev–Trinajstić information content (AvgIpc) is 3.12. The molecule has 0 aliphatic carbocycles. The molecule has 0 spiro atoms. The minimum Gasteiger partial charge on any atom is -0.255 e. The van der Waals surface area contributed by atoms with Crippen molar-refractivity contribution in [3.8, 4) is 0 Å². The van der Waals surface area contributed by atoms with E-state index in [9.17, 15) is 9.59 Å². The Morgan fingerprint density at radius 1 is 0.818 bits per heavy atom. The summed E-state index contributed by atoms with van der Waals surface area (Å²) in [6, 6.07) is 8.24. The van der Waals surface area contributed by atoms with Crippen LogP contribution in [0.15, 0.2) is 42.5 Å². The maximum absolute atomic E-state index is 11.0. The zero-order chi connectivity index (χ0) is 15.4. The Balaban J connectivity index is 1.53. The second-order valence-corrected chi connectivity index (χ2v) is 8.52. The minimum absolute atomic E-state index is 0.129. The fourth-order valence-electron chi connectivity index (χ4n) is 1.58. The standard InChI is InChI=1S/C12H10N4O2S4/c17-9-13-15-11(21-9)19-5-7-1-2-8(4-3-7)6-20-12-16-14-10(18)22-12/h1-4H,5-6H2,(H,13,17)(H,14,18). The summed E-state index contributed by atoms with van der Waals surface area (Å²) < 4.78 is 1.50. The predicted molar refractivity (Wildman–Crippen MR) is 91.0 cm³/mol. The Morgan fingerprint density at radius 2 is 1.23 bits per heavy atom. The molecule has 22 heavy (non-hydrogen) atoms. The second kappa shape index (κ2) is 7.27. The molecule has 6 nitrogen and oxygen atoms in total. The molecular weight excluding hydrogens is 360 g/mol. The number of hydrogen-bond donors (Lipinski definition) is 2. The quantitative estimate of drug-likeness (QED) is 0.648. The van der Waals surface area contributed by atoms with E-state index in [1.807, 2.05) is 0 Å². The number of H-pyrrole nitrogens is 2. The van der Waals surface area contributed by atoms with Gasteiger partial charge in [-0.15, -0.1) is 0 Å². The van der Waals surface area contributed by atoms with Crippen molar-refractivity contribution in [3.63, 3.8) is 0 Å². The third-order valence-corrected chi connectivity index (χ3v) is 6.51. The van der Waals surface area contributed by atoms with E-state index in [1.54, 1.807) is 0 Å². The van der Waals surface area contributed by atoms with E-state index in [4.69, 9.17) is 0 Å². The van der Waals surface area contributed by atoms with Gasteiger partial charge in [-0.25, -0.2) is 10.2 Å². The molecule has 0 amide bonds. The van der Waals surface area contributed by atoms with Crippen molar-refractivity contribution in [2.75, 3.05) is 0 Å². The van der Waals surface area contributed by atoms with Gasteiger partial charge in [-0.05, 0) is 33.8 Å². The van der Waals surface area contributed by atoms with Crippen LogP contribution in [0.2, 0.25) is 0 Å². The lowest BCUT2D eigenvalue weighted by Gasteiger charge is -2.02. The van der Waals surface area contributed by atoms with Crippen LogP contribution in [0.25, 0.3) is 0 Å². The smallest absolute Gasteiger partial charge is 0.255 e. The van der Waals surface area contributed by atoms with Crippen LogP contribution < -0.4 is 9.75 Å². The Morgan fingerprint density at radius 3 is 1.55 bits per heavy atom. The van der Waals surface area contributed by atoms with Crippen LogP contribution in [0.4, 0.5) is 0 Å². The lowest BCUT2D eigenvalue weighted by Crippen LogP contribution is -1.90. The molecule has 10 heteroatoms. The normalized spacial score (nSPS) is 10.9. The Kier molecular flexibility index (Phi) is 5.13. The Labute approximate surface area is 141 Å². The monoisotopic (exact) mass is 370 g/mol. The summed E-state index contributed by atoms with van der Waals surface area (Å²) in [6.45, 7) is 0. The molecule has 0 fully saturated rings. The fraction of sp³-hybridized carbons (Fsp3) is 0.167. The summed E-state index contributed by atoms with van der Waals surface area (Å²) in [5.74, 6) is 1.55. The first-order valence-electron chi connectivity index (χ1n) is 6.13. The maximum Gasteiger partial charge on any atom is 0.323 e. The molecule has 114 valence electrons. The number of aromatic nitrogens is 4. The third-order valence-electron chi connectivity index (χ3n) is 2.58. The largest absolute Gasteiger partial charge is 0.323 e. The highest BCUT2D eigenvalue weighted by Gasteiger charge is 2.03. The molecule has 0 bridgehead atoms. The summed E-state index contributed by atoms with van der Waals surface area (Å²) in [7, 11) is 0. The summed E-state index contributed by atoms with van der Waals surface area (Å²) >= 11 is 5.32. The molecule has 0 saturated heterocycles. The van der Waals surface area contributed by atoms with E-state index >= 15 is 0 Å². The van der Waals surface area contributed by atoms with Gasteiger partial charge in [-0.2, -0.15) is 10.2 Å². The average molecular weight is 371 g/mol. The zero-order valence-electron chi connectivity index (χ0n) is 11.1. The molecule has 0 aliphatic heterocycles. The molecule has 2 N–H and O–H groups in total. The van der Waals surface area contributed by atoms with E-state index in [-0.39, 0.29) is 9.75 Å². The first-order valence-corrected chi connectivity index (χ1v) is 9.74. The van der Waals surface area contributed by atoms with Gasteiger partial charge in [0.15, 0.2) is 8.68 Å². The van der Waals surface area contributed by atoms with Gasteiger partial charge >= 0.3 is 9.75 Å². The van der Waals surface area contributed by atoms with Crippen LogP contribution >= 0.6 is 46.2 Å². The number of aromatic amines is 2. The van der Waals surface area contributed by atoms with E-state index in [0.29, 0.717) is 0 Å². The molecular formula is C12H10N4O2S4. The van der Waals surface area contributed by atoms with Gasteiger partial charge in [0.1, 0.15) is 0 Å². The second-order valence-electron chi connectivity index (χ2n) is 4.15. The fourth-order valence-corrected chi connectivity index (χ4v) is 4.72. The van der Waals surface area contributed by atoms with Crippen LogP contribution in [0.3, 0.4) is 0 Å². The number of nitrogens with zero attached hydrogens (tertiary/aromatic N) is 2. The molecule has 3 rings (SSSR count). The van der Waals surface area contributed by atoms with Gasteiger partial charge in [-0.1, -0.05) is 47.8 Å². The van der Waals surface area contributed by atoms with Crippen LogP contribution in [-0.4, -0.2) is 20.4 Å². The van der Waals surface area contributed by atoms with Crippen molar-refractivity contribution in [2.45, 2.75) is 20.2 Å². The van der Waals surface area contributed by atoms with Gasteiger partial charge in [0.05, 0.1) is 0 Å². The number of nitrogens with one attached hydrogen (secondary N) is 2. The van der Waals surface area contributed by atoms with E-state index < -0.39 is 0 Å². The summed E-state index contributed by atoms with van der Waals surface area (Å²) in [4.78, 5) is 21.7. The lowest BCUT2D eigenvalue weighted by atomic mass is 10.2. The molecule has 0 atom stereocenters. The Bertz CT molecular complexity index is 777. The van der Waals surface area contributed by atoms with Gasteiger partial charge in [0.25, 0.3) is 0 Å². The lowest BCUT2D eigenvalue weighted by molar-refractivity contribution is 0.988. The van der Waals surface area contributed by atoms with Gasteiger partial charge in [0.2, 0.25) is 0 Å². The highest BCUT2D eigenvalue weighted by atomic mass is 32.2. The van der Waals surface area contributed by atoms with E-state index in [1.165, 1.54) is 34.7 Å². The van der Waals surface area contributed by atoms with Crippen molar-refractivity contribution in [1.29, 1.82) is 0 Å². The molecule has 0 unspecified atom stereocenters. The highest BCUT2D eigenvalue weighted by Crippen LogP contribution is 2.24. The molecule has 2 heterocycles. The molecule has 0 radical (unpaired) electrons. The summed E-state index contributed by atoms with van der Waals surface area (Å²) in [5.41, 5.74) is 2.34. The van der Waals surface area contributed by atoms with Crippen molar-refractivity contribution < 1.29 is 0 Å². The van der Waals surface area contributed by atoms with Crippen molar-refractivity contribution in [1.82, 2.24) is 20.4 Å². The number of thioether (sulfide) groups is 2. The third kappa shape index (κ3) is 4.32. The van der Waals surface area contributed by atoms with E-state index in [2.05, 4.69) is 44.7 Å². The maximum atomic E-state index is 11.0. The number of rotatable bonds is 6. The van der Waals surface area contributed by atoms with Crippen molar-refractivity contribution >= 4 is 46.2 Å². The molecule has 1 aromatic carbocycles.